The molecular weight excluding hydrogens is 224 g/mol. The fourth-order valence-electron chi connectivity index (χ4n) is 1.77. The van der Waals surface area contributed by atoms with Crippen LogP contribution in [0.5, 0.6) is 0 Å². The first-order chi connectivity index (χ1) is 8.13. The fraction of sp³-hybridized carbons (Fsp3) is 0.818. The Morgan fingerprint density at radius 3 is 2.82 bits per heavy atom. The highest BCUT2D eigenvalue weighted by atomic mass is 16.5. The van der Waals surface area contributed by atoms with Crippen LogP contribution in [0.2, 0.25) is 0 Å². The molecule has 1 aliphatic heterocycles. The van der Waals surface area contributed by atoms with Gasteiger partial charge in [-0.15, -0.1) is 0 Å². The molecule has 2 unspecified atom stereocenters. The molecular formula is C11H20N2O4. The zero-order valence-electron chi connectivity index (χ0n) is 10.3. The van der Waals surface area contributed by atoms with Gasteiger partial charge in [-0.25, -0.2) is 4.79 Å². The number of rotatable bonds is 5. The van der Waals surface area contributed by atoms with Crippen molar-refractivity contribution < 1.29 is 19.1 Å². The van der Waals surface area contributed by atoms with Crippen molar-refractivity contribution in [3.05, 3.63) is 0 Å². The zero-order chi connectivity index (χ0) is 12.7. The van der Waals surface area contributed by atoms with Crippen molar-refractivity contribution in [3.63, 3.8) is 0 Å². The third-order valence-corrected chi connectivity index (χ3v) is 2.63. The van der Waals surface area contributed by atoms with Crippen LogP contribution >= 0.6 is 0 Å². The Bertz CT molecular complexity index is 264. The number of hydrogen-bond donors (Lipinski definition) is 2. The molecule has 2 atom stereocenters. The number of methoxy groups -OCH3 is 1. The topological polar surface area (TPSA) is 76.7 Å². The average Bonchev–Trinajstić information content (AvgIpc) is 2.34. The van der Waals surface area contributed by atoms with E-state index < -0.39 is 12.0 Å². The molecule has 0 saturated carbocycles. The van der Waals surface area contributed by atoms with Crippen LogP contribution in [-0.2, 0) is 19.1 Å². The number of nitrogens with one attached hydrogen (secondary N) is 2. The van der Waals surface area contributed by atoms with Crippen molar-refractivity contribution in [1.29, 1.82) is 0 Å². The van der Waals surface area contributed by atoms with Gasteiger partial charge in [0.25, 0.3) is 0 Å². The highest BCUT2D eigenvalue weighted by molar-refractivity contribution is 5.83. The number of hydrogen-bond acceptors (Lipinski definition) is 5. The van der Waals surface area contributed by atoms with E-state index in [1.807, 2.05) is 0 Å². The van der Waals surface area contributed by atoms with E-state index in [9.17, 15) is 9.59 Å². The van der Waals surface area contributed by atoms with Crippen molar-refractivity contribution in [3.8, 4) is 0 Å². The number of esters is 1. The average molecular weight is 244 g/mol. The summed E-state index contributed by atoms with van der Waals surface area (Å²) in [5.74, 6) is -0.688. The van der Waals surface area contributed by atoms with Gasteiger partial charge in [0.1, 0.15) is 6.04 Å². The molecule has 6 nitrogen and oxygen atoms in total. The number of carbonyl (C=O) groups is 2. The summed E-state index contributed by atoms with van der Waals surface area (Å²) in [5.41, 5.74) is 0. The van der Waals surface area contributed by atoms with E-state index >= 15 is 0 Å². The largest absolute Gasteiger partial charge is 0.467 e. The van der Waals surface area contributed by atoms with Crippen molar-refractivity contribution in [2.24, 2.45) is 0 Å². The van der Waals surface area contributed by atoms with Gasteiger partial charge in [-0.2, -0.15) is 0 Å². The Morgan fingerprint density at radius 2 is 2.29 bits per heavy atom. The van der Waals surface area contributed by atoms with Crippen molar-refractivity contribution in [2.75, 3.05) is 26.9 Å². The fourth-order valence-corrected chi connectivity index (χ4v) is 1.77. The highest BCUT2D eigenvalue weighted by Gasteiger charge is 2.22. The molecule has 1 saturated heterocycles. The van der Waals surface area contributed by atoms with E-state index in [4.69, 9.17) is 4.74 Å². The molecule has 1 rings (SSSR count). The maximum Gasteiger partial charge on any atom is 0.329 e. The monoisotopic (exact) mass is 244 g/mol. The first-order valence-electron chi connectivity index (χ1n) is 5.79. The molecule has 1 amide bonds. The molecule has 0 aromatic rings. The highest BCUT2D eigenvalue weighted by Crippen LogP contribution is 2.05. The Labute approximate surface area is 101 Å². The van der Waals surface area contributed by atoms with E-state index in [0.29, 0.717) is 13.2 Å². The zero-order valence-corrected chi connectivity index (χ0v) is 10.3. The van der Waals surface area contributed by atoms with Crippen molar-refractivity contribution >= 4 is 11.9 Å². The van der Waals surface area contributed by atoms with Crippen LogP contribution in [0.1, 0.15) is 19.8 Å². The van der Waals surface area contributed by atoms with Crippen LogP contribution < -0.4 is 10.6 Å². The normalized spacial score (nSPS) is 21.6. The SMILES string of the molecule is COC(=O)C(CNC1CCCOC1)NC(C)=O. The lowest BCUT2D eigenvalue weighted by atomic mass is 10.1. The molecule has 0 bridgehead atoms. The van der Waals surface area contributed by atoms with E-state index in [-0.39, 0.29) is 11.9 Å². The third-order valence-electron chi connectivity index (χ3n) is 2.63. The smallest absolute Gasteiger partial charge is 0.329 e. The maximum absolute atomic E-state index is 11.4. The van der Waals surface area contributed by atoms with Gasteiger partial charge in [-0.3, -0.25) is 4.79 Å². The van der Waals surface area contributed by atoms with Gasteiger partial charge >= 0.3 is 5.97 Å². The van der Waals surface area contributed by atoms with E-state index in [1.54, 1.807) is 0 Å². The van der Waals surface area contributed by atoms with Crippen LogP contribution in [0.3, 0.4) is 0 Å². The van der Waals surface area contributed by atoms with Gasteiger partial charge in [0.15, 0.2) is 0 Å². The Morgan fingerprint density at radius 1 is 1.53 bits per heavy atom. The van der Waals surface area contributed by atoms with Crippen LogP contribution in [0, 0.1) is 0 Å². The third kappa shape index (κ3) is 5.14. The van der Waals surface area contributed by atoms with Gasteiger partial charge in [-0.1, -0.05) is 0 Å². The second kappa shape index (κ2) is 7.24. The second-order valence-electron chi connectivity index (χ2n) is 4.10. The molecule has 0 spiro atoms. The number of ether oxygens (including phenoxy) is 2. The summed E-state index contributed by atoms with van der Waals surface area (Å²) < 4.78 is 9.94. The molecule has 1 heterocycles. The van der Waals surface area contributed by atoms with Crippen molar-refractivity contribution in [1.82, 2.24) is 10.6 Å². The first kappa shape index (κ1) is 13.9. The summed E-state index contributed by atoms with van der Waals surface area (Å²) in [6.45, 7) is 3.18. The number of carbonyl (C=O) groups excluding carboxylic acids is 2. The molecule has 0 aromatic heterocycles. The molecule has 0 radical (unpaired) electrons. The van der Waals surface area contributed by atoms with Crippen LogP contribution in [-0.4, -0.2) is 50.8 Å². The second-order valence-corrected chi connectivity index (χ2v) is 4.10. The molecule has 0 aromatic carbocycles. The summed E-state index contributed by atoms with van der Waals surface area (Å²) in [5, 5.41) is 5.76. The summed E-state index contributed by atoms with van der Waals surface area (Å²) in [6, 6.07) is -0.399. The lowest BCUT2D eigenvalue weighted by molar-refractivity contribution is -0.144. The summed E-state index contributed by atoms with van der Waals surface area (Å²) >= 11 is 0. The van der Waals surface area contributed by atoms with Gasteiger partial charge in [-0.05, 0) is 12.8 Å². The summed E-state index contributed by atoms with van der Waals surface area (Å²) in [7, 11) is 1.31. The summed E-state index contributed by atoms with van der Waals surface area (Å²) in [4.78, 5) is 22.4. The van der Waals surface area contributed by atoms with Gasteiger partial charge < -0.3 is 20.1 Å². The molecule has 1 fully saturated rings. The minimum Gasteiger partial charge on any atom is -0.467 e. The van der Waals surface area contributed by atoms with Gasteiger partial charge in [0, 0.05) is 26.1 Å². The molecule has 1 aliphatic rings. The summed E-state index contributed by atoms with van der Waals surface area (Å²) in [6.07, 6.45) is 2.04. The molecule has 6 heteroatoms. The van der Waals surface area contributed by atoms with E-state index in [0.717, 1.165) is 19.4 Å². The lowest BCUT2D eigenvalue weighted by Gasteiger charge is -2.25. The molecule has 98 valence electrons. The molecule has 0 aliphatic carbocycles. The Balaban J connectivity index is 2.36. The predicted octanol–water partition coefficient (Wildman–Crippen LogP) is -0.567. The van der Waals surface area contributed by atoms with Crippen molar-refractivity contribution in [2.45, 2.75) is 31.8 Å². The van der Waals surface area contributed by atoms with E-state index in [1.165, 1.54) is 14.0 Å². The minimum absolute atomic E-state index is 0.240. The Hall–Kier alpha value is -1.14. The first-order valence-corrected chi connectivity index (χ1v) is 5.79. The Kier molecular flexibility index (Phi) is 5.93. The molecule has 2 N–H and O–H groups in total. The van der Waals surface area contributed by atoms with E-state index in [2.05, 4.69) is 15.4 Å². The van der Waals surface area contributed by atoms with Crippen LogP contribution in [0.15, 0.2) is 0 Å². The number of amides is 1. The van der Waals surface area contributed by atoms with Crippen LogP contribution in [0.25, 0.3) is 0 Å². The van der Waals surface area contributed by atoms with Crippen LogP contribution in [0.4, 0.5) is 0 Å². The van der Waals surface area contributed by atoms with Gasteiger partial charge in [0.05, 0.1) is 13.7 Å². The quantitative estimate of drug-likeness (QED) is 0.634. The standard InChI is InChI=1S/C11H20N2O4/c1-8(14)13-10(11(15)16-2)6-12-9-4-3-5-17-7-9/h9-10,12H,3-7H2,1-2H3,(H,13,14). The molecule has 17 heavy (non-hydrogen) atoms. The van der Waals surface area contributed by atoms with Gasteiger partial charge in [0.2, 0.25) is 5.91 Å². The maximum atomic E-state index is 11.4. The lowest BCUT2D eigenvalue weighted by Crippen LogP contribution is -2.50. The predicted molar refractivity (Wildman–Crippen MR) is 61.5 cm³/mol. The minimum atomic E-state index is -0.639.